The van der Waals surface area contributed by atoms with Crippen molar-refractivity contribution in [3.63, 3.8) is 0 Å². The number of aliphatic hydroxyl groups is 1. The Kier molecular flexibility index (Phi) is 3.48. The predicted octanol–water partition coefficient (Wildman–Crippen LogP) is 2.08. The number of hydrogen-bond acceptors (Lipinski definition) is 5. The first-order valence-corrected chi connectivity index (χ1v) is 5.65. The number of aromatic nitrogens is 3. The molecule has 0 aliphatic rings. The summed E-state index contributed by atoms with van der Waals surface area (Å²) in [6.07, 6.45) is 4.40. The zero-order valence-electron chi connectivity index (χ0n) is 8.74. The summed E-state index contributed by atoms with van der Waals surface area (Å²) in [4.78, 5) is 12.2. The molecule has 0 spiro atoms. The standard InChI is InChI=1S/C11H11N3OS/c1-8(15)9-2-5-13-11(6-9)16-10-3-4-12-7-14-10/h2-8,15H,1H3. The Labute approximate surface area is 97.8 Å². The van der Waals surface area contributed by atoms with E-state index in [1.54, 1.807) is 25.4 Å². The fourth-order valence-corrected chi connectivity index (χ4v) is 1.94. The van der Waals surface area contributed by atoms with Gasteiger partial charge in [-0.25, -0.2) is 15.0 Å². The summed E-state index contributed by atoms with van der Waals surface area (Å²) in [7, 11) is 0. The van der Waals surface area contributed by atoms with Crippen molar-refractivity contribution in [3.05, 3.63) is 42.5 Å². The number of nitrogens with zero attached hydrogens (tertiary/aromatic N) is 3. The molecule has 82 valence electrons. The summed E-state index contributed by atoms with van der Waals surface area (Å²) < 4.78 is 0. The first-order valence-electron chi connectivity index (χ1n) is 4.83. The van der Waals surface area contributed by atoms with Crippen molar-refractivity contribution in [3.8, 4) is 0 Å². The highest BCUT2D eigenvalue weighted by Crippen LogP contribution is 2.25. The zero-order chi connectivity index (χ0) is 11.4. The molecule has 2 aromatic rings. The van der Waals surface area contributed by atoms with Gasteiger partial charge in [-0.3, -0.25) is 0 Å². The molecule has 0 bridgehead atoms. The van der Waals surface area contributed by atoms with Crippen LogP contribution in [0.5, 0.6) is 0 Å². The smallest absolute Gasteiger partial charge is 0.116 e. The van der Waals surface area contributed by atoms with E-state index >= 15 is 0 Å². The van der Waals surface area contributed by atoms with Gasteiger partial charge < -0.3 is 5.11 Å². The van der Waals surface area contributed by atoms with E-state index in [0.29, 0.717) is 0 Å². The maximum Gasteiger partial charge on any atom is 0.116 e. The average Bonchev–Trinajstić information content (AvgIpc) is 2.30. The van der Waals surface area contributed by atoms with Crippen LogP contribution >= 0.6 is 11.8 Å². The molecule has 1 unspecified atom stereocenters. The van der Waals surface area contributed by atoms with Gasteiger partial charge in [0.05, 0.1) is 6.10 Å². The van der Waals surface area contributed by atoms with Crippen LogP contribution in [0.1, 0.15) is 18.6 Å². The van der Waals surface area contributed by atoms with Gasteiger partial charge in [0, 0.05) is 12.4 Å². The normalized spacial score (nSPS) is 12.4. The predicted molar refractivity (Wildman–Crippen MR) is 61.0 cm³/mol. The summed E-state index contributed by atoms with van der Waals surface area (Å²) in [6, 6.07) is 5.48. The van der Waals surface area contributed by atoms with Crippen molar-refractivity contribution in [1.82, 2.24) is 15.0 Å². The van der Waals surface area contributed by atoms with Crippen LogP contribution in [0.4, 0.5) is 0 Å². The lowest BCUT2D eigenvalue weighted by molar-refractivity contribution is 0.199. The second kappa shape index (κ2) is 5.05. The Balaban J connectivity index is 2.19. The highest BCUT2D eigenvalue weighted by Gasteiger charge is 2.04. The number of rotatable bonds is 3. The van der Waals surface area contributed by atoms with Crippen LogP contribution in [0.15, 0.2) is 47.0 Å². The SMILES string of the molecule is CC(O)c1ccnc(Sc2ccncn2)c1. The number of pyridine rings is 1. The third-order valence-electron chi connectivity index (χ3n) is 2.01. The topological polar surface area (TPSA) is 58.9 Å². The van der Waals surface area contributed by atoms with E-state index < -0.39 is 6.10 Å². The van der Waals surface area contributed by atoms with E-state index in [9.17, 15) is 5.11 Å². The minimum absolute atomic E-state index is 0.479. The lowest BCUT2D eigenvalue weighted by Gasteiger charge is -2.05. The largest absolute Gasteiger partial charge is 0.389 e. The van der Waals surface area contributed by atoms with Crippen molar-refractivity contribution >= 4 is 11.8 Å². The fourth-order valence-electron chi connectivity index (χ4n) is 1.19. The van der Waals surface area contributed by atoms with Crippen LogP contribution in [0.25, 0.3) is 0 Å². The number of aliphatic hydroxyl groups excluding tert-OH is 1. The molecule has 0 aliphatic carbocycles. The minimum Gasteiger partial charge on any atom is -0.389 e. The zero-order valence-corrected chi connectivity index (χ0v) is 9.56. The van der Waals surface area contributed by atoms with Crippen LogP contribution in [0.2, 0.25) is 0 Å². The summed E-state index contributed by atoms with van der Waals surface area (Å²) in [5.41, 5.74) is 0.853. The van der Waals surface area contributed by atoms with Gasteiger partial charge in [-0.05, 0) is 42.4 Å². The molecule has 2 aromatic heterocycles. The highest BCUT2D eigenvalue weighted by molar-refractivity contribution is 7.99. The van der Waals surface area contributed by atoms with Crippen LogP contribution in [-0.4, -0.2) is 20.1 Å². The van der Waals surface area contributed by atoms with E-state index in [4.69, 9.17) is 0 Å². The molecule has 0 saturated heterocycles. The molecule has 16 heavy (non-hydrogen) atoms. The molecule has 1 N–H and O–H groups in total. The van der Waals surface area contributed by atoms with Gasteiger partial charge in [0.25, 0.3) is 0 Å². The number of hydrogen-bond donors (Lipinski definition) is 1. The maximum atomic E-state index is 9.45. The molecular weight excluding hydrogens is 222 g/mol. The Bertz CT molecular complexity index is 462. The first-order chi connectivity index (χ1) is 7.75. The Morgan fingerprint density at radius 1 is 1.19 bits per heavy atom. The third-order valence-corrected chi connectivity index (χ3v) is 2.89. The quantitative estimate of drug-likeness (QED) is 0.822. The molecule has 4 nitrogen and oxygen atoms in total. The molecule has 5 heteroatoms. The second-order valence-corrected chi connectivity index (χ2v) is 4.29. The second-order valence-electron chi connectivity index (χ2n) is 3.25. The van der Waals surface area contributed by atoms with Crippen molar-refractivity contribution in [2.45, 2.75) is 23.1 Å². The fraction of sp³-hybridized carbons (Fsp3) is 0.182. The average molecular weight is 233 g/mol. The molecule has 0 aliphatic heterocycles. The molecule has 1 atom stereocenters. The maximum absolute atomic E-state index is 9.45. The summed E-state index contributed by atoms with van der Waals surface area (Å²) in [5.74, 6) is 0. The lowest BCUT2D eigenvalue weighted by Crippen LogP contribution is -1.92. The van der Waals surface area contributed by atoms with Gasteiger partial charge in [-0.15, -0.1) is 0 Å². The third kappa shape index (κ3) is 2.77. The van der Waals surface area contributed by atoms with Crippen LogP contribution in [0, 0.1) is 0 Å². The monoisotopic (exact) mass is 233 g/mol. The van der Waals surface area contributed by atoms with Gasteiger partial charge in [-0.1, -0.05) is 0 Å². The summed E-state index contributed by atoms with van der Waals surface area (Å²) >= 11 is 1.45. The Hall–Kier alpha value is -1.46. The lowest BCUT2D eigenvalue weighted by atomic mass is 10.2. The van der Waals surface area contributed by atoms with Crippen LogP contribution in [0.3, 0.4) is 0 Å². The van der Waals surface area contributed by atoms with E-state index in [-0.39, 0.29) is 0 Å². The van der Waals surface area contributed by atoms with Crippen molar-refractivity contribution in [2.75, 3.05) is 0 Å². The highest BCUT2D eigenvalue weighted by atomic mass is 32.2. The molecule has 2 rings (SSSR count). The summed E-state index contributed by atoms with van der Waals surface area (Å²) in [5, 5.41) is 11.1. The van der Waals surface area contributed by atoms with E-state index in [0.717, 1.165) is 15.6 Å². The van der Waals surface area contributed by atoms with Gasteiger partial charge >= 0.3 is 0 Å². The molecular formula is C11H11N3OS. The van der Waals surface area contributed by atoms with Gasteiger partial charge in [0.1, 0.15) is 16.4 Å². The van der Waals surface area contributed by atoms with Crippen molar-refractivity contribution in [1.29, 1.82) is 0 Å². The molecule has 0 saturated carbocycles. The van der Waals surface area contributed by atoms with Crippen LogP contribution < -0.4 is 0 Å². The summed E-state index contributed by atoms with van der Waals surface area (Å²) in [6.45, 7) is 1.73. The first kappa shape index (κ1) is 11.0. The Morgan fingerprint density at radius 3 is 2.75 bits per heavy atom. The van der Waals surface area contributed by atoms with Gasteiger partial charge in [0.15, 0.2) is 0 Å². The molecule has 2 heterocycles. The van der Waals surface area contributed by atoms with Crippen LogP contribution in [-0.2, 0) is 0 Å². The van der Waals surface area contributed by atoms with E-state index in [2.05, 4.69) is 15.0 Å². The van der Waals surface area contributed by atoms with E-state index in [1.807, 2.05) is 12.1 Å². The van der Waals surface area contributed by atoms with E-state index in [1.165, 1.54) is 18.1 Å². The van der Waals surface area contributed by atoms with Crippen molar-refractivity contribution in [2.24, 2.45) is 0 Å². The Morgan fingerprint density at radius 2 is 2.06 bits per heavy atom. The van der Waals surface area contributed by atoms with Gasteiger partial charge in [-0.2, -0.15) is 0 Å². The molecule has 0 amide bonds. The minimum atomic E-state index is -0.479. The molecule has 0 radical (unpaired) electrons. The molecule has 0 aromatic carbocycles. The van der Waals surface area contributed by atoms with Gasteiger partial charge in [0.2, 0.25) is 0 Å². The van der Waals surface area contributed by atoms with Crippen molar-refractivity contribution < 1.29 is 5.11 Å². The molecule has 0 fully saturated rings.